The number of hydrogen-bond donors (Lipinski definition) is 0. The lowest BCUT2D eigenvalue weighted by molar-refractivity contribution is 0.0600. The topological polar surface area (TPSA) is 26.3 Å². The summed E-state index contributed by atoms with van der Waals surface area (Å²) in [5.41, 5.74) is 3.88. The van der Waals surface area contributed by atoms with E-state index in [0.29, 0.717) is 16.7 Å². The Bertz CT molecular complexity index is 589. The molecule has 0 saturated heterocycles. The molecule has 1 aliphatic carbocycles. The number of ether oxygens (including phenoxy) is 1. The molecule has 1 aromatic carbocycles. The van der Waals surface area contributed by atoms with Gasteiger partial charge in [-0.3, -0.25) is 0 Å². The van der Waals surface area contributed by atoms with Crippen molar-refractivity contribution >= 4 is 17.7 Å². The zero-order chi connectivity index (χ0) is 15.4. The third-order valence-corrected chi connectivity index (χ3v) is 4.52. The quantitative estimate of drug-likeness (QED) is 0.607. The predicted molar refractivity (Wildman–Crippen MR) is 88.7 cm³/mol. The average Bonchev–Trinajstić information content (AvgIpc) is 2.38. The van der Waals surface area contributed by atoms with Crippen molar-refractivity contribution in [3.05, 3.63) is 34.4 Å². The molecule has 0 amide bonds. The van der Waals surface area contributed by atoms with E-state index in [9.17, 15) is 4.79 Å². The Morgan fingerprint density at radius 1 is 1.38 bits per heavy atom. The molecule has 1 aromatic rings. The highest BCUT2D eigenvalue weighted by atomic mass is 32.2. The van der Waals surface area contributed by atoms with Crippen molar-refractivity contribution in [2.75, 3.05) is 7.11 Å². The van der Waals surface area contributed by atoms with Gasteiger partial charge in [-0.05, 0) is 48.1 Å². The Morgan fingerprint density at radius 2 is 2.10 bits per heavy atom. The SMILES string of the molecule is COC(=O)c1cc(C#CSC(C)C)c(C2CCC2)cc1C. The lowest BCUT2D eigenvalue weighted by Crippen LogP contribution is -2.13. The molecule has 0 N–H and O–H groups in total. The van der Waals surface area contributed by atoms with E-state index in [1.165, 1.54) is 31.9 Å². The average molecular weight is 302 g/mol. The smallest absolute Gasteiger partial charge is 0.338 e. The molecule has 0 spiro atoms. The third-order valence-electron chi connectivity index (χ3n) is 3.83. The number of carbonyl (C=O) groups is 1. The van der Waals surface area contributed by atoms with E-state index in [-0.39, 0.29) is 5.97 Å². The summed E-state index contributed by atoms with van der Waals surface area (Å²) < 4.78 is 4.86. The number of esters is 1. The number of carbonyl (C=O) groups excluding carboxylic acids is 1. The van der Waals surface area contributed by atoms with Gasteiger partial charge in [0.25, 0.3) is 0 Å². The van der Waals surface area contributed by atoms with Crippen molar-refractivity contribution in [2.45, 2.75) is 51.2 Å². The summed E-state index contributed by atoms with van der Waals surface area (Å²) in [6.07, 6.45) is 3.74. The Kier molecular flexibility index (Phi) is 5.36. The largest absolute Gasteiger partial charge is 0.465 e. The Labute approximate surface area is 131 Å². The van der Waals surface area contributed by atoms with Crippen LogP contribution in [0.4, 0.5) is 0 Å². The van der Waals surface area contributed by atoms with Gasteiger partial charge in [-0.15, -0.1) is 0 Å². The number of benzene rings is 1. The van der Waals surface area contributed by atoms with Crippen molar-refractivity contribution in [3.63, 3.8) is 0 Å². The summed E-state index contributed by atoms with van der Waals surface area (Å²) in [6, 6.07) is 4.03. The maximum atomic E-state index is 11.9. The lowest BCUT2D eigenvalue weighted by Gasteiger charge is -2.27. The highest BCUT2D eigenvalue weighted by molar-refractivity contribution is 8.04. The van der Waals surface area contributed by atoms with Gasteiger partial charge in [0.1, 0.15) is 0 Å². The molecule has 0 atom stereocenters. The molecule has 2 nitrogen and oxygen atoms in total. The third kappa shape index (κ3) is 3.83. The molecule has 2 rings (SSSR count). The van der Waals surface area contributed by atoms with Gasteiger partial charge in [0.2, 0.25) is 0 Å². The summed E-state index contributed by atoms with van der Waals surface area (Å²) in [6.45, 7) is 6.22. The fourth-order valence-electron chi connectivity index (χ4n) is 2.43. The number of thioether (sulfide) groups is 1. The van der Waals surface area contributed by atoms with Gasteiger partial charge >= 0.3 is 5.97 Å². The van der Waals surface area contributed by atoms with Crippen LogP contribution in [0.2, 0.25) is 0 Å². The van der Waals surface area contributed by atoms with Crippen LogP contribution in [0.15, 0.2) is 12.1 Å². The van der Waals surface area contributed by atoms with E-state index < -0.39 is 0 Å². The summed E-state index contributed by atoms with van der Waals surface area (Å²) in [5, 5.41) is 3.64. The van der Waals surface area contributed by atoms with Gasteiger partial charge in [0.15, 0.2) is 0 Å². The molecule has 1 fully saturated rings. The molecule has 1 saturated carbocycles. The molecule has 112 valence electrons. The van der Waals surface area contributed by atoms with E-state index in [1.807, 2.05) is 13.0 Å². The van der Waals surface area contributed by atoms with Crippen molar-refractivity contribution in [1.82, 2.24) is 0 Å². The Hall–Kier alpha value is -1.40. The molecular weight excluding hydrogens is 280 g/mol. The number of methoxy groups -OCH3 is 1. The van der Waals surface area contributed by atoms with Gasteiger partial charge < -0.3 is 4.74 Å². The standard InChI is InChI=1S/C18H22O2S/c1-12(2)21-9-8-15-11-16(18(19)20-4)13(3)10-17(15)14-6-5-7-14/h10-12,14H,5-7H2,1-4H3. The van der Waals surface area contributed by atoms with Crippen LogP contribution in [0.5, 0.6) is 0 Å². The van der Waals surface area contributed by atoms with E-state index in [2.05, 4.69) is 31.1 Å². The first kappa shape index (κ1) is 16.0. The molecule has 0 aliphatic heterocycles. The van der Waals surface area contributed by atoms with Crippen LogP contribution in [-0.4, -0.2) is 18.3 Å². The second-order valence-corrected chi connectivity index (χ2v) is 7.15. The predicted octanol–water partition coefficient (Wildman–Crippen LogP) is 4.50. The second-order valence-electron chi connectivity index (χ2n) is 5.77. The van der Waals surface area contributed by atoms with Crippen LogP contribution >= 0.6 is 11.8 Å². The van der Waals surface area contributed by atoms with Crippen LogP contribution in [0.25, 0.3) is 0 Å². The van der Waals surface area contributed by atoms with Crippen LogP contribution < -0.4 is 0 Å². The zero-order valence-electron chi connectivity index (χ0n) is 13.2. The highest BCUT2D eigenvalue weighted by Gasteiger charge is 2.23. The first-order chi connectivity index (χ1) is 10.0. The number of rotatable bonds is 3. The summed E-state index contributed by atoms with van der Waals surface area (Å²) in [7, 11) is 1.42. The van der Waals surface area contributed by atoms with Crippen LogP contribution in [0.1, 0.15) is 66.1 Å². The molecule has 0 radical (unpaired) electrons. The molecule has 3 heteroatoms. The molecule has 0 bridgehead atoms. The summed E-state index contributed by atoms with van der Waals surface area (Å²) in [5.74, 6) is 3.56. The minimum Gasteiger partial charge on any atom is -0.465 e. The van der Waals surface area contributed by atoms with Gasteiger partial charge in [0, 0.05) is 10.8 Å². The Balaban J connectivity index is 2.40. The van der Waals surface area contributed by atoms with Crippen molar-refractivity contribution in [1.29, 1.82) is 0 Å². The fourth-order valence-corrected chi connectivity index (χ4v) is 2.83. The van der Waals surface area contributed by atoms with E-state index in [4.69, 9.17) is 4.74 Å². The Morgan fingerprint density at radius 3 is 2.62 bits per heavy atom. The zero-order valence-corrected chi connectivity index (χ0v) is 14.0. The van der Waals surface area contributed by atoms with E-state index in [0.717, 1.165) is 11.1 Å². The highest BCUT2D eigenvalue weighted by Crippen LogP contribution is 2.38. The van der Waals surface area contributed by atoms with Gasteiger partial charge in [0.05, 0.1) is 12.7 Å². The molecule has 0 aromatic heterocycles. The fraction of sp³-hybridized carbons (Fsp3) is 0.500. The van der Waals surface area contributed by atoms with Crippen molar-refractivity contribution in [3.8, 4) is 11.2 Å². The first-order valence-corrected chi connectivity index (χ1v) is 8.30. The van der Waals surface area contributed by atoms with Crippen molar-refractivity contribution < 1.29 is 9.53 Å². The first-order valence-electron chi connectivity index (χ1n) is 7.42. The molecular formula is C18H22O2S. The maximum Gasteiger partial charge on any atom is 0.338 e. The van der Waals surface area contributed by atoms with E-state index in [1.54, 1.807) is 11.8 Å². The van der Waals surface area contributed by atoms with Gasteiger partial charge in [-0.1, -0.05) is 44.0 Å². The molecule has 21 heavy (non-hydrogen) atoms. The van der Waals surface area contributed by atoms with Gasteiger partial charge in [-0.25, -0.2) is 4.79 Å². The monoisotopic (exact) mass is 302 g/mol. The lowest BCUT2D eigenvalue weighted by atomic mass is 9.77. The number of aryl methyl sites for hydroxylation is 1. The normalized spacial score (nSPS) is 14.3. The summed E-state index contributed by atoms with van der Waals surface area (Å²) >= 11 is 1.62. The molecule has 1 aliphatic rings. The van der Waals surface area contributed by atoms with Crippen LogP contribution in [0, 0.1) is 18.1 Å². The van der Waals surface area contributed by atoms with Crippen LogP contribution in [-0.2, 0) is 4.74 Å². The van der Waals surface area contributed by atoms with Crippen LogP contribution in [0.3, 0.4) is 0 Å². The van der Waals surface area contributed by atoms with Gasteiger partial charge in [-0.2, -0.15) is 0 Å². The summed E-state index contributed by atoms with van der Waals surface area (Å²) in [4.78, 5) is 11.9. The maximum absolute atomic E-state index is 11.9. The van der Waals surface area contributed by atoms with Crippen molar-refractivity contribution in [2.24, 2.45) is 0 Å². The molecule has 0 heterocycles. The molecule has 0 unspecified atom stereocenters. The second kappa shape index (κ2) is 7.04. The van der Waals surface area contributed by atoms with E-state index >= 15 is 0 Å². The number of hydrogen-bond acceptors (Lipinski definition) is 3. The minimum absolute atomic E-state index is 0.285. The minimum atomic E-state index is -0.285.